The van der Waals surface area contributed by atoms with Gasteiger partial charge in [0.1, 0.15) is 0 Å². The van der Waals surface area contributed by atoms with E-state index in [1.165, 1.54) is 12.8 Å². The van der Waals surface area contributed by atoms with Crippen molar-refractivity contribution < 1.29 is 0 Å². The fourth-order valence-electron chi connectivity index (χ4n) is 1.16. The second-order valence-electron chi connectivity index (χ2n) is 3.16. The van der Waals surface area contributed by atoms with Crippen LogP contribution in [-0.2, 0) is 0 Å². The maximum atomic E-state index is 5.69. The Morgan fingerprint density at radius 2 is 1.91 bits per heavy atom. The molecule has 0 radical (unpaired) electrons. The minimum Gasteiger partial charge on any atom is -0.397 e. The minimum absolute atomic E-state index is 0.647. The molecule has 2 aliphatic carbocycles. The lowest BCUT2D eigenvalue weighted by molar-refractivity contribution is 0.784. The average Bonchev–Trinajstić information content (AvgIpc) is 2.81. The quantitative estimate of drug-likeness (QED) is 0.614. The van der Waals surface area contributed by atoms with Gasteiger partial charge in [0.05, 0.1) is 11.4 Å². The van der Waals surface area contributed by atoms with E-state index in [9.17, 15) is 0 Å². The highest BCUT2D eigenvalue weighted by atomic mass is 15.0. The molecule has 1 saturated carbocycles. The van der Waals surface area contributed by atoms with Crippen LogP contribution >= 0.6 is 0 Å². The third kappa shape index (κ3) is 0.862. The third-order valence-corrected chi connectivity index (χ3v) is 2.19. The Kier molecular flexibility index (Phi) is 1.13. The Morgan fingerprint density at radius 3 is 2.36 bits per heavy atom. The van der Waals surface area contributed by atoms with Gasteiger partial charge in [-0.2, -0.15) is 0 Å². The first-order valence-corrected chi connectivity index (χ1v) is 3.85. The van der Waals surface area contributed by atoms with E-state index in [0.717, 1.165) is 22.5 Å². The van der Waals surface area contributed by atoms with E-state index in [4.69, 9.17) is 5.73 Å². The van der Waals surface area contributed by atoms with Crippen LogP contribution in [0.25, 0.3) is 0 Å². The lowest BCUT2D eigenvalue weighted by Crippen LogP contribution is -2.30. The minimum atomic E-state index is 0.647. The summed E-state index contributed by atoms with van der Waals surface area (Å²) in [5.41, 5.74) is 9.39. The molecule has 0 aromatic carbocycles. The number of nitrogens with two attached hydrogens (primary N) is 1. The van der Waals surface area contributed by atoms with Crippen LogP contribution in [0.4, 0.5) is 0 Å². The zero-order valence-electron chi connectivity index (χ0n) is 6.48. The molecule has 0 aromatic rings. The molecule has 0 saturated heterocycles. The van der Waals surface area contributed by atoms with Gasteiger partial charge in [-0.15, -0.1) is 0 Å². The molecule has 0 bridgehead atoms. The van der Waals surface area contributed by atoms with E-state index in [1.54, 1.807) is 0 Å². The van der Waals surface area contributed by atoms with Crippen molar-refractivity contribution in [2.75, 3.05) is 0 Å². The zero-order valence-corrected chi connectivity index (χ0v) is 6.48. The summed E-state index contributed by atoms with van der Waals surface area (Å²) < 4.78 is 0. The fraction of sp³-hybridized carbons (Fsp3) is 0.333. The van der Waals surface area contributed by atoms with E-state index in [2.05, 4.69) is 18.5 Å². The maximum Gasteiger partial charge on any atom is 0.0656 e. The maximum absolute atomic E-state index is 5.69. The van der Waals surface area contributed by atoms with Crippen LogP contribution in [0.3, 0.4) is 0 Å². The first-order chi connectivity index (χ1) is 5.20. The van der Waals surface area contributed by atoms with Gasteiger partial charge in [-0.05, 0) is 12.8 Å². The molecule has 1 fully saturated rings. The van der Waals surface area contributed by atoms with E-state index in [-0.39, 0.29) is 0 Å². The molecule has 0 aliphatic heterocycles. The Balaban J connectivity index is 2.13. The van der Waals surface area contributed by atoms with Crippen LogP contribution in [0.2, 0.25) is 0 Å². The van der Waals surface area contributed by atoms with Crippen LogP contribution < -0.4 is 11.1 Å². The standard InChI is InChI=1S/C9H12N2/c1-5-6(2)9(8(5)10)11-7-3-4-7/h7,11H,1-4,10H2. The first kappa shape index (κ1) is 6.53. The van der Waals surface area contributed by atoms with Gasteiger partial charge >= 0.3 is 0 Å². The largest absolute Gasteiger partial charge is 0.397 e. The SMILES string of the molecule is C=C1C(=C)C(NC2CC2)=C1N. The lowest BCUT2D eigenvalue weighted by atomic mass is 9.90. The topological polar surface area (TPSA) is 38.0 Å². The number of nitrogens with one attached hydrogen (secondary N) is 1. The van der Waals surface area contributed by atoms with Gasteiger partial charge in [0, 0.05) is 17.2 Å². The van der Waals surface area contributed by atoms with Crippen LogP contribution in [0, 0.1) is 0 Å². The van der Waals surface area contributed by atoms with Crippen molar-refractivity contribution in [2.24, 2.45) is 5.73 Å². The smallest absolute Gasteiger partial charge is 0.0656 e. The molecule has 0 atom stereocenters. The Morgan fingerprint density at radius 1 is 1.27 bits per heavy atom. The molecule has 2 nitrogen and oxygen atoms in total. The summed E-state index contributed by atoms with van der Waals surface area (Å²) in [4.78, 5) is 0. The lowest BCUT2D eigenvalue weighted by Gasteiger charge is -2.27. The predicted molar refractivity (Wildman–Crippen MR) is 45.7 cm³/mol. The number of rotatable bonds is 2. The molecular weight excluding hydrogens is 136 g/mol. The van der Waals surface area contributed by atoms with E-state index in [0.29, 0.717) is 6.04 Å². The summed E-state index contributed by atoms with van der Waals surface area (Å²) in [6.45, 7) is 7.63. The molecule has 2 heteroatoms. The second-order valence-corrected chi connectivity index (χ2v) is 3.16. The van der Waals surface area contributed by atoms with Gasteiger partial charge in [0.25, 0.3) is 0 Å². The van der Waals surface area contributed by atoms with E-state index >= 15 is 0 Å². The van der Waals surface area contributed by atoms with Crippen LogP contribution in [-0.4, -0.2) is 6.04 Å². The summed E-state index contributed by atoms with van der Waals surface area (Å²) >= 11 is 0. The van der Waals surface area contributed by atoms with Crippen molar-refractivity contribution in [3.05, 3.63) is 35.7 Å². The van der Waals surface area contributed by atoms with E-state index < -0.39 is 0 Å². The van der Waals surface area contributed by atoms with Crippen molar-refractivity contribution in [1.82, 2.24) is 5.32 Å². The fourth-order valence-corrected chi connectivity index (χ4v) is 1.16. The van der Waals surface area contributed by atoms with Crippen LogP contribution in [0.1, 0.15) is 12.8 Å². The highest BCUT2D eigenvalue weighted by Gasteiger charge is 2.29. The van der Waals surface area contributed by atoms with Gasteiger partial charge in [0.15, 0.2) is 0 Å². The van der Waals surface area contributed by atoms with Crippen molar-refractivity contribution >= 4 is 0 Å². The molecule has 0 heterocycles. The molecule has 3 N–H and O–H groups in total. The van der Waals surface area contributed by atoms with Crippen molar-refractivity contribution in [3.63, 3.8) is 0 Å². The van der Waals surface area contributed by atoms with Gasteiger partial charge in [-0.1, -0.05) is 13.2 Å². The number of hydrogen-bond donors (Lipinski definition) is 2. The van der Waals surface area contributed by atoms with Gasteiger partial charge in [0.2, 0.25) is 0 Å². The molecule has 11 heavy (non-hydrogen) atoms. The zero-order chi connectivity index (χ0) is 8.01. The monoisotopic (exact) mass is 148 g/mol. The number of hydrogen-bond acceptors (Lipinski definition) is 2. The van der Waals surface area contributed by atoms with E-state index in [1.807, 2.05) is 0 Å². The summed E-state index contributed by atoms with van der Waals surface area (Å²) in [5, 5.41) is 3.31. The van der Waals surface area contributed by atoms with Crippen LogP contribution in [0.5, 0.6) is 0 Å². The average molecular weight is 148 g/mol. The molecular formula is C9H12N2. The summed E-state index contributed by atoms with van der Waals surface area (Å²) in [6.07, 6.45) is 2.52. The van der Waals surface area contributed by atoms with Gasteiger partial charge < -0.3 is 11.1 Å². The van der Waals surface area contributed by atoms with Gasteiger partial charge in [-0.25, -0.2) is 0 Å². The summed E-state index contributed by atoms with van der Waals surface area (Å²) in [7, 11) is 0. The molecule has 2 aliphatic rings. The third-order valence-electron chi connectivity index (χ3n) is 2.19. The second kappa shape index (κ2) is 1.91. The Bertz CT molecular complexity index is 269. The highest BCUT2D eigenvalue weighted by molar-refractivity contribution is 5.65. The summed E-state index contributed by atoms with van der Waals surface area (Å²) in [6, 6.07) is 0.647. The number of allylic oxidation sites excluding steroid dienone is 2. The molecule has 2 rings (SSSR count). The molecule has 58 valence electrons. The molecule has 0 spiro atoms. The van der Waals surface area contributed by atoms with Crippen molar-refractivity contribution in [1.29, 1.82) is 0 Å². The normalized spacial score (nSPS) is 23.6. The Labute approximate surface area is 66.5 Å². The molecule has 0 amide bonds. The Hall–Kier alpha value is -1.18. The first-order valence-electron chi connectivity index (χ1n) is 3.85. The highest BCUT2D eigenvalue weighted by Crippen LogP contribution is 2.34. The molecule has 0 unspecified atom stereocenters. The van der Waals surface area contributed by atoms with Crippen molar-refractivity contribution in [3.8, 4) is 0 Å². The predicted octanol–water partition coefficient (Wildman–Crippen LogP) is 1.03. The van der Waals surface area contributed by atoms with Crippen molar-refractivity contribution in [2.45, 2.75) is 18.9 Å². The summed E-state index contributed by atoms with van der Waals surface area (Å²) in [5.74, 6) is 0. The molecule has 0 aromatic heterocycles. The van der Waals surface area contributed by atoms with Gasteiger partial charge in [-0.3, -0.25) is 0 Å². The van der Waals surface area contributed by atoms with Crippen LogP contribution in [0.15, 0.2) is 35.7 Å².